The molecule has 44 heavy (non-hydrogen) atoms. The fourth-order valence-electron chi connectivity index (χ4n) is 5.72. The van der Waals surface area contributed by atoms with Gasteiger partial charge in [0, 0.05) is 25.7 Å². The standard InChI is InChI=1S/C30H30Cl2F3N7O2/c1-6-18(43)41-10-9-40(12-15(41)5)28-16-11-17(33)26(19-22(34)20(31)23(35)21(32)24(19)36)38-29(16)42(30(44)39-28)27-14(4)7-8-37-25(27)13(2)3/h6-8,11,13,15,25,37H,1,9-10,12,36H2,2-5H3/t15-,25?/m1/s1. The highest BCUT2D eigenvalue weighted by atomic mass is 35.5. The number of pyridine rings is 1. The summed E-state index contributed by atoms with van der Waals surface area (Å²) < 4.78 is 47.1. The molecule has 1 aromatic carbocycles. The second kappa shape index (κ2) is 11.8. The Hall–Kier alpha value is -4.03. The molecule has 1 saturated heterocycles. The Balaban J connectivity index is 1.83. The Morgan fingerprint density at radius 3 is 2.52 bits per heavy atom. The smallest absolute Gasteiger partial charge is 0.355 e. The van der Waals surface area contributed by atoms with E-state index in [1.807, 2.05) is 27.7 Å². The first-order chi connectivity index (χ1) is 20.8. The number of hydrogen-bond acceptors (Lipinski definition) is 7. The van der Waals surface area contributed by atoms with Crippen molar-refractivity contribution in [1.29, 1.82) is 0 Å². The van der Waals surface area contributed by atoms with Gasteiger partial charge in [0.15, 0.2) is 23.1 Å². The van der Waals surface area contributed by atoms with E-state index >= 15 is 8.78 Å². The third-order valence-electron chi connectivity index (χ3n) is 7.94. The molecule has 14 heteroatoms. The Bertz CT molecular complexity index is 1810. The lowest BCUT2D eigenvalue weighted by atomic mass is 9.95. The Morgan fingerprint density at radius 1 is 1.18 bits per heavy atom. The SMILES string of the molecule is C=CC(=O)N1CCN(c2nc(=O)n(C3=C(C)C=CNC3C(C)C)c3nc(-c4c(N)c(Cl)c(F)c(Cl)c4F)c(F)cc23)C[C@H]1C. The fourth-order valence-corrected chi connectivity index (χ4v) is 6.15. The molecule has 0 saturated carbocycles. The summed E-state index contributed by atoms with van der Waals surface area (Å²) in [6, 6.07) is 0.429. The molecule has 2 atom stereocenters. The maximum absolute atomic E-state index is 16.0. The van der Waals surface area contributed by atoms with Gasteiger partial charge in [0.1, 0.15) is 21.6 Å². The van der Waals surface area contributed by atoms with Crippen LogP contribution in [-0.4, -0.2) is 57.1 Å². The number of piperazine rings is 1. The first-order valence-electron chi connectivity index (χ1n) is 13.8. The third-order valence-corrected chi connectivity index (χ3v) is 8.64. The van der Waals surface area contributed by atoms with Crippen molar-refractivity contribution in [3.63, 3.8) is 0 Å². The molecule has 9 nitrogen and oxygen atoms in total. The van der Waals surface area contributed by atoms with Gasteiger partial charge in [-0.3, -0.25) is 4.79 Å². The first kappa shape index (κ1) is 31.4. The molecule has 0 radical (unpaired) electrons. The zero-order chi connectivity index (χ0) is 32.2. The number of nitrogens with zero attached hydrogens (tertiary/aromatic N) is 5. The molecule has 2 aromatic heterocycles. The van der Waals surface area contributed by atoms with Crippen molar-refractivity contribution in [1.82, 2.24) is 24.8 Å². The van der Waals surface area contributed by atoms with E-state index in [9.17, 15) is 14.0 Å². The van der Waals surface area contributed by atoms with E-state index in [4.69, 9.17) is 28.9 Å². The topological polar surface area (TPSA) is 109 Å². The van der Waals surface area contributed by atoms with Gasteiger partial charge in [-0.25, -0.2) is 27.5 Å². The van der Waals surface area contributed by atoms with E-state index in [-0.39, 0.29) is 53.8 Å². The van der Waals surface area contributed by atoms with Crippen LogP contribution in [0.15, 0.2) is 41.4 Å². The lowest BCUT2D eigenvalue weighted by Gasteiger charge is -2.40. The van der Waals surface area contributed by atoms with Crippen LogP contribution in [-0.2, 0) is 4.79 Å². The molecule has 1 amide bonds. The number of nitrogens with one attached hydrogen (secondary N) is 1. The van der Waals surface area contributed by atoms with Crippen molar-refractivity contribution in [3.05, 3.63) is 74.6 Å². The maximum Gasteiger partial charge on any atom is 0.355 e. The van der Waals surface area contributed by atoms with Gasteiger partial charge in [-0.05, 0) is 49.8 Å². The number of carbonyl (C=O) groups is 1. The molecular weight excluding hydrogens is 618 g/mol. The van der Waals surface area contributed by atoms with Gasteiger partial charge in [-0.2, -0.15) is 4.98 Å². The van der Waals surface area contributed by atoms with Crippen LogP contribution >= 0.6 is 23.2 Å². The van der Waals surface area contributed by atoms with Crippen molar-refractivity contribution in [3.8, 4) is 11.3 Å². The number of amides is 1. The number of allylic oxidation sites excluding steroid dienone is 2. The molecule has 1 fully saturated rings. The summed E-state index contributed by atoms with van der Waals surface area (Å²) in [5.74, 6) is -3.78. The molecule has 3 N–H and O–H groups in total. The molecule has 3 aromatic rings. The summed E-state index contributed by atoms with van der Waals surface area (Å²) in [5, 5.41) is 1.73. The van der Waals surface area contributed by atoms with E-state index in [0.717, 1.165) is 11.6 Å². The van der Waals surface area contributed by atoms with E-state index in [1.54, 1.807) is 22.1 Å². The van der Waals surface area contributed by atoms with Gasteiger partial charge in [0.25, 0.3) is 0 Å². The average Bonchev–Trinajstić information content (AvgIpc) is 2.99. The van der Waals surface area contributed by atoms with E-state index < -0.39 is 50.1 Å². The number of nitrogens with two attached hydrogens (primary N) is 1. The lowest BCUT2D eigenvalue weighted by molar-refractivity contribution is -0.128. The highest BCUT2D eigenvalue weighted by Crippen LogP contribution is 2.42. The number of nitrogen functional groups attached to an aromatic ring is 1. The van der Waals surface area contributed by atoms with Crippen LogP contribution in [0, 0.1) is 23.4 Å². The number of rotatable bonds is 5. The largest absolute Gasteiger partial charge is 0.397 e. The second-order valence-electron chi connectivity index (χ2n) is 11.1. The maximum atomic E-state index is 16.0. The Morgan fingerprint density at radius 2 is 1.89 bits per heavy atom. The molecule has 2 aliphatic heterocycles. The van der Waals surface area contributed by atoms with Gasteiger partial charge in [-0.15, -0.1) is 0 Å². The summed E-state index contributed by atoms with van der Waals surface area (Å²) in [6.07, 6.45) is 4.77. The molecule has 5 rings (SSSR count). The van der Waals surface area contributed by atoms with Crippen molar-refractivity contribution >= 4 is 57.3 Å². The number of carbonyl (C=O) groups excluding carboxylic acids is 1. The zero-order valence-corrected chi connectivity index (χ0v) is 25.9. The van der Waals surface area contributed by atoms with Crippen molar-refractivity contribution < 1.29 is 18.0 Å². The predicted octanol–water partition coefficient (Wildman–Crippen LogP) is 5.36. The van der Waals surface area contributed by atoms with E-state index in [0.29, 0.717) is 12.2 Å². The number of aromatic nitrogens is 3. The number of dihydropyridines is 1. The van der Waals surface area contributed by atoms with Gasteiger partial charge in [0.2, 0.25) is 5.91 Å². The number of benzene rings is 1. The van der Waals surface area contributed by atoms with Crippen LogP contribution < -0.4 is 21.6 Å². The fraction of sp³-hybridized carbons (Fsp3) is 0.333. The quantitative estimate of drug-likeness (QED) is 0.166. The second-order valence-corrected chi connectivity index (χ2v) is 11.9. The van der Waals surface area contributed by atoms with Crippen LogP contribution in [0.2, 0.25) is 10.0 Å². The van der Waals surface area contributed by atoms with Crippen LogP contribution in [0.25, 0.3) is 28.0 Å². The zero-order valence-electron chi connectivity index (χ0n) is 24.4. The highest BCUT2D eigenvalue weighted by molar-refractivity contribution is 6.37. The monoisotopic (exact) mass is 647 g/mol. The van der Waals surface area contributed by atoms with Crippen LogP contribution in [0.5, 0.6) is 0 Å². The molecule has 0 spiro atoms. The minimum Gasteiger partial charge on any atom is -0.397 e. The van der Waals surface area contributed by atoms with Crippen molar-refractivity contribution in [2.75, 3.05) is 30.3 Å². The van der Waals surface area contributed by atoms with Crippen LogP contribution in [0.3, 0.4) is 0 Å². The van der Waals surface area contributed by atoms with Crippen LogP contribution in [0.1, 0.15) is 27.7 Å². The summed E-state index contributed by atoms with van der Waals surface area (Å²) in [7, 11) is 0. The lowest BCUT2D eigenvalue weighted by Crippen LogP contribution is -2.54. The van der Waals surface area contributed by atoms with E-state index in [2.05, 4.69) is 21.9 Å². The normalized spacial score (nSPS) is 18.8. The summed E-state index contributed by atoms with van der Waals surface area (Å²) >= 11 is 11.8. The average molecular weight is 649 g/mol. The van der Waals surface area contributed by atoms with E-state index in [1.165, 1.54) is 10.6 Å². The predicted molar refractivity (Wildman–Crippen MR) is 167 cm³/mol. The number of hydrogen-bond donors (Lipinski definition) is 2. The number of anilines is 2. The minimum absolute atomic E-state index is 0.00873. The summed E-state index contributed by atoms with van der Waals surface area (Å²) in [5.41, 5.74) is 4.59. The number of fused-ring (bicyclic) bond motifs is 1. The van der Waals surface area contributed by atoms with Gasteiger partial charge >= 0.3 is 5.69 Å². The molecular formula is C30H30Cl2F3N7O2. The number of halogens is 5. The van der Waals surface area contributed by atoms with Crippen molar-refractivity contribution in [2.24, 2.45) is 5.92 Å². The third kappa shape index (κ3) is 5.09. The molecule has 1 unspecified atom stereocenters. The Kier molecular flexibility index (Phi) is 8.43. The molecule has 0 aliphatic carbocycles. The summed E-state index contributed by atoms with van der Waals surface area (Å²) in [4.78, 5) is 38.6. The first-order valence-corrected chi connectivity index (χ1v) is 14.6. The molecule has 2 aliphatic rings. The van der Waals surface area contributed by atoms with Crippen molar-refractivity contribution in [2.45, 2.75) is 39.8 Å². The highest BCUT2D eigenvalue weighted by Gasteiger charge is 2.33. The molecule has 4 heterocycles. The van der Waals surface area contributed by atoms with Gasteiger partial charge < -0.3 is 20.9 Å². The summed E-state index contributed by atoms with van der Waals surface area (Å²) in [6.45, 7) is 12.0. The van der Waals surface area contributed by atoms with Gasteiger partial charge in [-0.1, -0.05) is 43.6 Å². The minimum atomic E-state index is -1.35. The Labute approximate surface area is 261 Å². The van der Waals surface area contributed by atoms with Gasteiger partial charge in [0.05, 0.1) is 28.4 Å². The molecule has 232 valence electrons. The molecule has 0 bridgehead atoms. The van der Waals surface area contributed by atoms with Crippen LogP contribution in [0.4, 0.5) is 24.7 Å².